The van der Waals surface area contributed by atoms with E-state index in [1.54, 1.807) is 0 Å². The summed E-state index contributed by atoms with van der Waals surface area (Å²) in [5, 5.41) is 0. The Morgan fingerprint density at radius 2 is 0.867 bits per heavy atom. The fraction of sp³-hybridized carbons (Fsp3) is 0. The highest BCUT2D eigenvalue weighted by Crippen LogP contribution is 2.17. The quantitative estimate of drug-likeness (QED) is 0.734. The smallest absolute Gasteiger partial charge is 0.228 e. The zero-order valence-corrected chi connectivity index (χ0v) is 11.8. The van der Waals surface area contributed by atoms with Gasteiger partial charge < -0.3 is 0 Å². The van der Waals surface area contributed by atoms with Crippen molar-refractivity contribution >= 4 is 61.9 Å². The molecule has 0 aliphatic heterocycles. The number of hydrogen-bond acceptors (Lipinski definition) is 3. The van der Waals surface area contributed by atoms with E-state index >= 15 is 0 Å². The Morgan fingerprint density at radius 1 is 0.667 bits per heavy atom. The second-order valence-electron chi connectivity index (χ2n) is 2.62. The Morgan fingerprint density at radius 3 is 1.00 bits per heavy atom. The molecule has 0 fully saturated rings. The minimum atomic E-state index is -0.381. The van der Waals surface area contributed by atoms with Crippen LogP contribution in [-0.4, -0.2) is 14.1 Å². The lowest BCUT2D eigenvalue weighted by molar-refractivity contribution is 0.109. The van der Waals surface area contributed by atoms with Crippen LogP contribution < -0.4 is 0 Å². The molecule has 0 aliphatic carbocycles. The van der Waals surface area contributed by atoms with Gasteiger partial charge in [0.25, 0.3) is 0 Å². The van der Waals surface area contributed by atoms with Gasteiger partial charge >= 0.3 is 0 Å². The van der Waals surface area contributed by atoms with Crippen molar-refractivity contribution in [2.45, 2.75) is 0 Å². The molecule has 15 heavy (non-hydrogen) atoms. The summed E-state index contributed by atoms with van der Waals surface area (Å²) < 4.78 is -1.14. The van der Waals surface area contributed by atoms with Crippen LogP contribution in [0.5, 0.6) is 0 Å². The van der Waals surface area contributed by atoms with E-state index in [1.165, 1.54) is 18.2 Å². The molecule has 0 N–H and O–H groups in total. The van der Waals surface area contributed by atoms with Crippen molar-refractivity contribution < 1.29 is 14.4 Å². The van der Waals surface area contributed by atoms with Crippen LogP contribution in [0.25, 0.3) is 0 Å². The molecule has 1 aromatic rings. The summed E-state index contributed by atoms with van der Waals surface area (Å²) in [7, 11) is 0. The molecule has 0 heterocycles. The normalized spacial score (nSPS) is 9.80. The third kappa shape index (κ3) is 3.32. The van der Waals surface area contributed by atoms with Crippen molar-refractivity contribution in [1.82, 2.24) is 0 Å². The maximum atomic E-state index is 11.1. The second kappa shape index (κ2) is 5.14. The van der Waals surface area contributed by atoms with Gasteiger partial charge in [0.05, 0.1) is 0 Å². The first-order valence-electron chi connectivity index (χ1n) is 3.66. The van der Waals surface area contributed by atoms with E-state index in [2.05, 4.69) is 47.8 Å². The standard InChI is InChI=1S/C9H3Br3O3/c10-7(13)4-1-5(8(11)14)3-6(2-4)9(12)15/h1-3H. The average molecular weight is 399 g/mol. The molecule has 78 valence electrons. The van der Waals surface area contributed by atoms with Crippen LogP contribution in [0.1, 0.15) is 31.1 Å². The van der Waals surface area contributed by atoms with Crippen molar-refractivity contribution in [2.75, 3.05) is 0 Å². The van der Waals surface area contributed by atoms with Gasteiger partial charge in [-0.15, -0.1) is 0 Å². The summed E-state index contributed by atoms with van der Waals surface area (Å²) in [4.78, 5) is 33.2. The van der Waals surface area contributed by atoms with Gasteiger partial charge in [-0.3, -0.25) is 14.4 Å². The van der Waals surface area contributed by atoms with E-state index in [0.29, 0.717) is 0 Å². The van der Waals surface area contributed by atoms with Crippen LogP contribution in [0, 0.1) is 0 Å². The van der Waals surface area contributed by atoms with E-state index in [1.807, 2.05) is 0 Å². The molecule has 0 unspecified atom stereocenters. The maximum Gasteiger partial charge on any atom is 0.228 e. The summed E-state index contributed by atoms with van der Waals surface area (Å²) in [5.41, 5.74) is 0.759. The Balaban J connectivity index is 3.39. The lowest BCUT2D eigenvalue weighted by atomic mass is 10.1. The van der Waals surface area contributed by atoms with Crippen LogP contribution in [0.15, 0.2) is 18.2 Å². The molecule has 1 aromatic carbocycles. The van der Waals surface area contributed by atoms with Crippen LogP contribution in [0.4, 0.5) is 0 Å². The molecule has 0 atom stereocenters. The van der Waals surface area contributed by atoms with E-state index in [0.717, 1.165) is 0 Å². The molecule has 0 spiro atoms. The third-order valence-corrected chi connectivity index (χ3v) is 2.99. The Hall–Kier alpha value is -0.330. The van der Waals surface area contributed by atoms with Crippen molar-refractivity contribution in [1.29, 1.82) is 0 Å². The van der Waals surface area contributed by atoms with Gasteiger partial charge in [0.15, 0.2) is 0 Å². The van der Waals surface area contributed by atoms with Crippen LogP contribution in [0.3, 0.4) is 0 Å². The van der Waals surface area contributed by atoms with Gasteiger partial charge in [0.2, 0.25) is 14.1 Å². The number of hydrogen-bond donors (Lipinski definition) is 0. The molecular formula is C9H3Br3O3. The highest BCUT2D eigenvalue weighted by atomic mass is 79.9. The predicted molar refractivity (Wildman–Crippen MR) is 66.2 cm³/mol. The fourth-order valence-corrected chi connectivity index (χ4v) is 1.65. The highest BCUT2D eigenvalue weighted by molar-refractivity contribution is 9.19. The number of halogens is 3. The SMILES string of the molecule is O=C(Br)c1cc(C(=O)Br)cc(C(=O)Br)c1. The third-order valence-electron chi connectivity index (χ3n) is 1.61. The molecule has 0 saturated carbocycles. The minimum absolute atomic E-state index is 0.253. The minimum Gasteiger partial charge on any atom is -0.281 e. The molecule has 0 aliphatic rings. The van der Waals surface area contributed by atoms with E-state index in [4.69, 9.17) is 0 Å². The molecular weight excluding hydrogens is 396 g/mol. The molecule has 0 bridgehead atoms. The lowest BCUT2D eigenvalue weighted by Gasteiger charge is -2.01. The van der Waals surface area contributed by atoms with Gasteiger partial charge in [-0.25, -0.2) is 0 Å². The van der Waals surface area contributed by atoms with Crippen LogP contribution in [-0.2, 0) is 0 Å². The second-order valence-corrected chi connectivity index (χ2v) is 4.78. The first-order chi connectivity index (χ1) is 6.91. The number of carbonyl (C=O) groups is 3. The van der Waals surface area contributed by atoms with Gasteiger partial charge in [0.1, 0.15) is 0 Å². The predicted octanol–water partition coefficient (Wildman–Crippen LogP) is 3.29. The molecule has 1 rings (SSSR count). The molecule has 0 aromatic heterocycles. The maximum absolute atomic E-state index is 11.1. The Labute approximate surface area is 111 Å². The molecule has 6 heteroatoms. The van der Waals surface area contributed by atoms with Gasteiger partial charge in [0, 0.05) is 16.7 Å². The fourth-order valence-electron chi connectivity index (χ4n) is 0.968. The summed E-state index contributed by atoms with van der Waals surface area (Å²) >= 11 is 8.27. The molecule has 3 nitrogen and oxygen atoms in total. The number of benzene rings is 1. The topological polar surface area (TPSA) is 51.2 Å². The molecule has 0 amide bonds. The number of rotatable bonds is 3. The van der Waals surface area contributed by atoms with Gasteiger partial charge in [-0.2, -0.15) is 0 Å². The summed E-state index contributed by atoms with van der Waals surface area (Å²) in [6.45, 7) is 0. The Kier molecular flexibility index (Phi) is 4.36. The van der Waals surface area contributed by atoms with E-state index in [9.17, 15) is 14.4 Å². The zero-order valence-electron chi connectivity index (χ0n) is 7.09. The zero-order chi connectivity index (χ0) is 11.6. The first kappa shape index (κ1) is 12.7. The monoisotopic (exact) mass is 396 g/mol. The number of carbonyl (C=O) groups excluding carboxylic acids is 3. The van der Waals surface area contributed by atoms with Gasteiger partial charge in [-0.1, -0.05) is 0 Å². The molecule has 0 saturated heterocycles. The highest BCUT2D eigenvalue weighted by Gasteiger charge is 2.12. The average Bonchev–Trinajstić information content (AvgIpc) is 2.16. The first-order valence-corrected chi connectivity index (χ1v) is 6.04. The largest absolute Gasteiger partial charge is 0.281 e. The van der Waals surface area contributed by atoms with Crippen molar-refractivity contribution in [3.05, 3.63) is 34.9 Å². The summed E-state index contributed by atoms with van der Waals surface area (Å²) in [5.74, 6) is 0. The van der Waals surface area contributed by atoms with E-state index in [-0.39, 0.29) is 30.8 Å². The Bertz CT molecular complexity index is 375. The van der Waals surface area contributed by atoms with Gasteiger partial charge in [-0.05, 0) is 66.0 Å². The lowest BCUT2D eigenvalue weighted by Crippen LogP contribution is -1.99. The van der Waals surface area contributed by atoms with E-state index < -0.39 is 0 Å². The van der Waals surface area contributed by atoms with Crippen molar-refractivity contribution in [2.24, 2.45) is 0 Å². The molecule has 0 radical (unpaired) electrons. The van der Waals surface area contributed by atoms with Crippen molar-refractivity contribution in [3.63, 3.8) is 0 Å². The van der Waals surface area contributed by atoms with Crippen LogP contribution in [0.2, 0.25) is 0 Å². The summed E-state index contributed by atoms with van der Waals surface area (Å²) in [6, 6.07) is 4.19. The van der Waals surface area contributed by atoms with Crippen LogP contribution >= 0.6 is 47.8 Å². The van der Waals surface area contributed by atoms with Crippen molar-refractivity contribution in [3.8, 4) is 0 Å². The summed E-state index contributed by atoms with van der Waals surface area (Å²) in [6.07, 6.45) is 0.